The zero-order valence-electron chi connectivity index (χ0n) is 11.5. The van der Waals surface area contributed by atoms with Crippen LogP contribution in [0.3, 0.4) is 0 Å². The van der Waals surface area contributed by atoms with Crippen molar-refractivity contribution >= 4 is 34.8 Å². The fourth-order valence-corrected chi connectivity index (χ4v) is 2.89. The second-order valence-electron chi connectivity index (χ2n) is 4.67. The Hall–Kier alpha value is -0.800. The third kappa shape index (κ3) is 3.89. The molecule has 21 heavy (non-hydrogen) atoms. The van der Waals surface area contributed by atoms with Gasteiger partial charge in [0.25, 0.3) is 0 Å². The van der Waals surface area contributed by atoms with Crippen LogP contribution in [-0.2, 0) is 6.42 Å². The van der Waals surface area contributed by atoms with Gasteiger partial charge in [0, 0.05) is 6.04 Å². The van der Waals surface area contributed by atoms with E-state index in [1.165, 1.54) is 6.07 Å². The molecule has 0 amide bonds. The summed E-state index contributed by atoms with van der Waals surface area (Å²) in [5.74, 6) is -0.389. The van der Waals surface area contributed by atoms with Crippen LogP contribution in [0.1, 0.15) is 24.1 Å². The monoisotopic (exact) mass is 345 g/mol. The van der Waals surface area contributed by atoms with Gasteiger partial charge in [0.05, 0.1) is 15.1 Å². The van der Waals surface area contributed by atoms with Gasteiger partial charge in [-0.3, -0.25) is 0 Å². The zero-order valence-corrected chi connectivity index (χ0v) is 13.7. The quantitative estimate of drug-likeness (QED) is 0.734. The van der Waals surface area contributed by atoms with Gasteiger partial charge in [0.1, 0.15) is 5.82 Å². The number of hydrogen-bond donors (Lipinski definition) is 1. The first-order valence-electron chi connectivity index (χ1n) is 6.64. The Morgan fingerprint density at radius 2 is 1.71 bits per heavy atom. The summed E-state index contributed by atoms with van der Waals surface area (Å²) in [5, 5.41) is 4.42. The average molecular weight is 347 g/mol. The molecular weight excluding hydrogens is 332 g/mol. The van der Waals surface area contributed by atoms with Crippen LogP contribution in [0.2, 0.25) is 15.1 Å². The van der Waals surface area contributed by atoms with Crippen LogP contribution in [0.15, 0.2) is 36.4 Å². The molecule has 0 saturated heterocycles. The van der Waals surface area contributed by atoms with Crippen LogP contribution < -0.4 is 5.32 Å². The lowest BCUT2D eigenvalue weighted by Gasteiger charge is -2.20. The van der Waals surface area contributed by atoms with E-state index in [1.807, 2.05) is 19.1 Å². The molecular formula is C16H15Cl3FN. The number of likely N-dealkylation sites (N-methyl/N-ethyl adjacent to an activating group) is 1. The van der Waals surface area contributed by atoms with Gasteiger partial charge in [0.2, 0.25) is 0 Å². The van der Waals surface area contributed by atoms with Crippen LogP contribution in [0.25, 0.3) is 0 Å². The Balaban J connectivity index is 2.35. The highest BCUT2D eigenvalue weighted by atomic mass is 35.5. The van der Waals surface area contributed by atoms with Gasteiger partial charge in [-0.1, -0.05) is 66.0 Å². The van der Waals surface area contributed by atoms with Crippen molar-refractivity contribution in [3.8, 4) is 0 Å². The van der Waals surface area contributed by atoms with Crippen molar-refractivity contribution in [2.45, 2.75) is 19.4 Å². The highest BCUT2D eigenvalue weighted by Gasteiger charge is 2.18. The predicted molar refractivity (Wildman–Crippen MR) is 88.0 cm³/mol. The Labute approximate surface area is 139 Å². The Bertz CT molecular complexity index is 631. The molecule has 0 aliphatic carbocycles. The fraction of sp³-hybridized carbons (Fsp3) is 0.250. The second-order valence-corrected chi connectivity index (χ2v) is 5.86. The van der Waals surface area contributed by atoms with Crippen molar-refractivity contribution in [2.75, 3.05) is 6.54 Å². The molecule has 0 aromatic heterocycles. The molecule has 0 radical (unpaired) electrons. The van der Waals surface area contributed by atoms with Crippen LogP contribution in [-0.4, -0.2) is 6.54 Å². The molecule has 0 aliphatic heterocycles. The Morgan fingerprint density at radius 3 is 2.43 bits per heavy atom. The molecule has 1 unspecified atom stereocenters. The van der Waals surface area contributed by atoms with Crippen molar-refractivity contribution in [2.24, 2.45) is 0 Å². The minimum atomic E-state index is -0.389. The number of nitrogens with one attached hydrogen (secondary N) is 1. The summed E-state index contributed by atoms with van der Waals surface area (Å²) in [4.78, 5) is 0. The standard InChI is InChI=1S/C16H15Cl3FN/c1-2-21-14(11-6-4-7-12(17)15(11)19)9-10-5-3-8-13(18)16(10)20/h3-8,14,21H,2,9H2,1H3. The van der Waals surface area contributed by atoms with E-state index in [1.54, 1.807) is 18.2 Å². The van der Waals surface area contributed by atoms with Crippen molar-refractivity contribution in [1.82, 2.24) is 5.32 Å². The lowest BCUT2D eigenvalue weighted by atomic mass is 9.98. The third-order valence-electron chi connectivity index (χ3n) is 3.26. The molecule has 1 atom stereocenters. The van der Waals surface area contributed by atoms with Gasteiger partial charge >= 0.3 is 0 Å². The molecule has 0 fully saturated rings. The van der Waals surface area contributed by atoms with Gasteiger partial charge < -0.3 is 5.32 Å². The summed E-state index contributed by atoms with van der Waals surface area (Å²) in [5.41, 5.74) is 1.40. The van der Waals surface area contributed by atoms with Crippen LogP contribution in [0.4, 0.5) is 4.39 Å². The lowest BCUT2D eigenvalue weighted by Crippen LogP contribution is -2.23. The number of hydrogen-bond acceptors (Lipinski definition) is 1. The van der Waals surface area contributed by atoms with Gasteiger partial charge in [-0.05, 0) is 36.2 Å². The van der Waals surface area contributed by atoms with Crippen molar-refractivity contribution in [3.05, 3.63) is 68.4 Å². The summed E-state index contributed by atoms with van der Waals surface area (Å²) in [7, 11) is 0. The summed E-state index contributed by atoms with van der Waals surface area (Å²) in [6, 6.07) is 10.3. The number of benzene rings is 2. The molecule has 1 N–H and O–H groups in total. The second kappa shape index (κ2) is 7.46. The van der Waals surface area contributed by atoms with E-state index in [4.69, 9.17) is 34.8 Å². The van der Waals surface area contributed by atoms with E-state index in [2.05, 4.69) is 5.32 Å². The van der Waals surface area contributed by atoms with Crippen LogP contribution in [0.5, 0.6) is 0 Å². The maximum Gasteiger partial charge on any atom is 0.145 e. The van der Waals surface area contributed by atoms with E-state index in [-0.39, 0.29) is 16.9 Å². The third-order valence-corrected chi connectivity index (χ3v) is 4.39. The molecule has 2 rings (SSSR count). The zero-order chi connectivity index (χ0) is 15.4. The van der Waals surface area contributed by atoms with E-state index in [9.17, 15) is 4.39 Å². The van der Waals surface area contributed by atoms with E-state index < -0.39 is 0 Å². The minimum absolute atomic E-state index is 0.125. The molecule has 112 valence electrons. The van der Waals surface area contributed by atoms with Crippen LogP contribution >= 0.6 is 34.8 Å². The van der Waals surface area contributed by atoms with E-state index in [0.29, 0.717) is 22.0 Å². The molecule has 0 heterocycles. The van der Waals surface area contributed by atoms with Crippen molar-refractivity contribution < 1.29 is 4.39 Å². The maximum atomic E-state index is 14.1. The maximum absolute atomic E-state index is 14.1. The Kier molecular flexibility index (Phi) is 5.88. The first kappa shape index (κ1) is 16.6. The predicted octanol–water partition coefficient (Wildman–Crippen LogP) is 5.68. The van der Waals surface area contributed by atoms with Crippen molar-refractivity contribution in [1.29, 1.82) is 0 Å². The summed E-state index contributed by atoms with van der Waals surface area (Å²) >= 11 is 18.2. The van der Waals surface area contributed by atoms with Gasteiger partial charge in [0.15, 0.2) is 0 Å². The van der Waals surface area contributed by atoms with E-state index in [0.717, 1.165) is 12.1 Å². The molecule has 0 saturated carbocycles. The molecule has 2 aromatic rings. The summed E-state index contributed by atoms with van der Waals surface area (Å²) in [6.45, 7) is 2.72. The Morgan fingerprint density at radius 1 is 1.05 bits per heavy atom. The first-order valence-corrected chi connectivity index (χ1v) is 7.78. The SMILES string of the molecule is CCNC(Cc1cccc(Cl)c1F)c1cccc(Cl)c1Cl. The highest BCUT2D eigenvalue weighted by molar-refractivity contribution is 6.42. The van der Waals surface area contributed by atoms with Gasteiger partial charge in [-0.15, -0.1) is 0 Å². The van der Waals surface area contributed by atoms with Gasteiger partial charge in [-0.25, -0.2) is 4.39 Å². The minimum Gasteiger partial charge on any atom is -0.310 e. The molecule has 2 aromatic carbocycles. The number of rotatable bonds is 5. The average Bonchev–Trinajstić information content (AvgIpc) is 2.46. The smallest absolute Gasteiger partial charge is 0.145 e. The van der Waals surface area contributed by atoms with E-state index >= 15 is 0 Å². The topological polar surface area (TPSA) is 12.0 Å². The molecule has 0 bridgehead atoms. The number of halogens is 4. The first-order chi connectivity index (χ1) is 10.0. The molecule has 5 heteroatoms. The molecule has 0 spiro atoms. The highest BCUT2D eigenvalue weighted by Crippen LogP contribution is 2.32. The molecule has 0 aliphatic rings. The largest absolute Gasteiger partial charge is 0.310 e. The summed E-state index contributed by atoms with van der Waals surface area (Å²) in [6.07, 6.45) is 0.445. The fourth-order valence-electron chi connectivity index (χ4n) is 2.25. The lowest BCUT2D eigenvalue weighted by molar-refractivity contribution is 0.528. The van der Waals surface area contributed by atoms with Crippen molar-refractivity contribution in [3.63, 3.8) is 0 Å². The normalized spacial score (nSPS) is 12.4. The summed E-state index contributed by atoms with van der Waals surface area (Å²) < 4.78 is 14.1. The van der Waals surface area contributed by atoms with Crippen LogP contribution in [0, 0.1) is 5.82 Å². The van der Waals surface area contributed by atoms with Gasteiger partial charge in [-0.2, -0.15) is 0 Å². The molecule has 1 nitrogen and oxygen atoms in total.